The first-order valence-corrected chi connectivity index (χ1v) is 12.2. The van der Waals surface area contributed by atoms with Gasteiger partial charge in [0.1, 0.15) is 0 Å². The van der Waals surface area contributed by atoms with Crippen LogP contribution in [0.4, 0.5) is 11.4 Å². The summed E-state index contributed by atoms with van der Waals surface area (Å²) in [7, 11) is 0. The van der Waals surface area contributed by atoms with Gasteiger partial charge in [-0.3, -0.25) is 0 Å². The summed E-state index contributed by atoms with van der Waals surface area (Å²) < 4.78 is 0. The van der Waals surface area contributed by atoms with Crippen molar-refractivity contribution in [3.05, 3.63) is 146 Å². The highest BCUT2D eigenvalue weighted by atomic mass is 15.1. The zero-order chi connectivity index (χ0) is 25.4. The Hall–Kier alpha value is -4.54. The minimum atomic E-state index is 0.871. The van der Waals surface area contributed by atoms with Crippen LogP contribution in [0.2, 0.25) is 0 Å². The van der Waals surface area contributed by atoms with Crippen molar-refractivity contribution in [2.75, 3.05) is 11.4 Å². The zero-order valence-corrected chi connectivity index (χ0v) is 20.9. The smallest absolute Gasteiger partial charge is 0.0411 e. The molecule has 36 heavy (non-hydrogen) atoms. The van der Waals surface area contributed by atoms with E-state index in [-0.39, 0.29) is 0 Å². The van der Waals surface area contributed by atoms with Crippen LogP contribution in [0.25, 0.3) is 22.3 Å². The molecule has 0 unspecified atom stereocenters. The first-order valence-electron chi connectivity index (χ1n) is 12.2. The van der Waals surface area contributed by atoms with Crippen molar-refractivity contribution in [1.82, 2.24) is 0 Å². The van der Waals surface area contributed by atoms with Gasteiger partial charge in [-0.2, -0.15) is 0 Å². The Balaban J connectivity index is 0.00000115. The van der Waals surface area contributed by atoms with Gasteiger partial charge in [0.25, 0.3) is 0 Å². The Kier molecular flexibility index (Phi) is 10.6. The Morgan fingerprint density at radius 3 is 1.50 bits per heavy atom. The highest BCUT2D eigenvalue weighted by molar-refractivity contribution is 5.72. The van der Waals surface area contributed by atoms with Crippen LogP contribution in [-0.4, -0.2) is 6.54 Å². The molecule has 0 saturated heterocycles. The predicted molar refractivity (Wildman–Crippen MR) is 158 cm³/mol. The van der Waals surface area contributed by atoms with Crippen LogP contribution < -0.4 is 4.90 Å². The van der Waals surface area contributed by atoms with E-state index < -0.39 is 0 Å². The molecule has 1 heteroatoms. The van der Waals surface area contributed by atoms with Crippen LogP contribution >= 0.6 is 0 Å². The summed E-state index contributed by atoms with van der Waals surface area (Å²) in [5, 5.41) is 0. The Labute approximate surface area is 216 Å². The van der Waals surface area contributed by atoms with Crippen molar-refractivity contribution in [3.8, 4) is 34.6 Å². The van der Waals surface area contributed by atoms with Crippen molar-refractivity contribution < 1.29 is 0 Å². The largest absolute Gasteiger partial charge is 0.341 e. The topological polar surface area (TPSA) is 3.24 Å². The normalized spacial score (nSPS) is 10.4. The summed E-state index contributed by atoms with van der Waals surface area (Å²) in [5.74, 6) is 2.51. The van der Waals surface area contributed by atoms with Crippen LogP contribution in [0, 0.1) is 12.3 Å². The molecule has 4 aromatic rings. The second kappa shape index (κ2) is 14.7. The number of hydrogen-bond acceptors (Lipinski definition) is 1. The number of anilines is 2. The average Bonchev–Trinajstić information content (AvgIpc) is 2.94. The summed E-state index contributed by atoms with van der Waals surface area (Å²) >= 11 is 0. The number of terminal acetylenes is 1. The third-order valence-electron chi connectivity index (χ3n) is 5.53. The van der Waals surface area contributed by atoms with Gasteiger partial charge >= 0.3 is 0 Å². The number of allylic oxidation sites excluding steroid dienone is 4. The van der Waals surface area contributed by atoms with E-state index in [1.54, 1.807) is 12.2 Å². The molecule has 0 bridgehead atoms. The summed E-state index contributed by atoms with van der Waals surface area (Å²) in [6.45, 7) is 6.12. The molecule has 0 aromatic heterocycles. The average molecular weight is 468 g/mol. The van der Waals surface area contributed by atoms with Crippen LogP contribution in [-0.2, 0) is 0 Å². The van der Waals surface area contributed by atoms with Gasteiger partial charge in [-0.25, -0.2) is 0 Å². The monoisotopic (exact) mass is 467 g/mol. The number of rotatable bonds is 8. The van der Waals surface area contributed by atoms with Gasteiger partial charge in [-0.05, 0) is 65.9 Å². The third kappa shape index (κ3) is 7.76. The quantitative estimate of drug-likeness (QED) is 0.142. The van der Waals surface area contributed by atoms with E-state index in [2.05, 4.69) is 121 Å². The number of nitrogens with zero attached hydrogens (tertiary/aromatic N) is 1. The molecular formula is C35H33N. The molecule has 0 N–H and O–H groups in total. The lowest BCUT2D eigenvalue weighted by atomic mass is 10.0. The van der Waals surface area contributed by atoms with Crippen molar-refractivity contribution in [3.63, 3.8) is 0 Å². The molecule has 0 atom stereocenters. The minimum absolute atomic E-state index is 0.871. The maximum Gasteiger partial charge on any atom is 0.0411 e. The van der Waals surface area contributed by atoms with Gasteiger partial charge in [0.05, 0.1) is 0 Å². The van der Waals surface area contributed by atoms with Gasteiger partial charge < -0.3 is 4.90 Å². The second-order valence-corrected chi connectivity index (χ2v) is 8.13. The second-order valence-electron chi connectivity index (χ2n) is 8.13. The highest BCUT2D eigenvalue weighted by Gasteiger charge is 2.10. The number of hydrogen-bond donors (Lipinski definition) is 0. The lowest BCUT2D eigenvalue weighted by molar-refractivity contribution is 0.941. The van der Waals surface area contributed by atoms with Crippen molar-refractivity contribution >= 4 is 11.4 Å². The molecule has 4 rings (SSSR count). The molecule has 0 spiro atoms. The van der Waals surface area contributed by atoms with E-state index in [1.165, 1.54) is 33.6 Å². The van der Waals surface area contributed by atoms with Crippen molar-refractivity contribution in [2.45, 2.75) is 13.3 Å². The molecule has 4 aromatic carbocycles. The van der Waals surface area contributed by atoms with Crippen LogP contribution in [0.1, 0.15) is 13.3 Å². The molecule has 0 aliphatic carbocycles. The SMILES string of the molecule is C#C/C=C\C=C/CCN(c1ccc(-c2ccccc2)cc1)c1ccc(-c2ccccc2)cc1.C=CC. The standard InChI is InChI=1S/C32H27N.C3H6/c1-2-3-4-5-6-13-26-33(31-22-18-29(19-23-31)27-14-9-7-10-15-27)32-24-20-30(21-25-32)28-16-11-8-12-17-28;1-3-2/h1,3-12,14-25H,13,26H2;3H,1H2,2H3/b4-3-,6-5-;. The summed E-state index contributed by atoms with van der Waals surface area (Å²) in [6, 6.07) is 38.6. The molecule has 0 fully saturated rings. The van der Waals surface area contributed by atoms with E-state index in [0.717, 1.165) is 13.0 Å². The first-order chi connectivity index (χ1) is 17.8. The molecular weight excluding hydrogens is 434 g/mol. The summed E-state index contributed by atoms with van der Waals surface area (Å²) in [4.78, 5) is 2.36. The van der Waals surface area contributed by atoms with Gasteiger partial charge in [0.15, 0.2) is 0 Å². The Morgan fingerprint density at radius 1 is 0.667 bits per heavy atom. The van der Waals surface area contributed by atoms with Gasteiger partial charge in [-0.15, -0.1) is 13.0 Å². The molecule has 0 heterocycles. The molecule has 0 aliphatic rings. The third-order valence-corrected chi connectivity index (χ3v) is 5.53. The minimum Gasteiger partial charge on any atom is -0.341 e. The van der Waals surface area contributed by atoms with Crippen LogP contribution in [0.5, 0.6) is 0 Å². The highest BCUT2D eigenvalue weighted by Crippen LogP contribution is 2.30. The van der Waals surface area contributed by atoms with Gasteiger partial charge in [0.2, 0.25) is 0 Å². The fraction of sp³-hybridized carbons (Fsp3) is 0.0857. The molecule has 178 valence electrons. The van der Waals surface area contributed by atoms with E-state index >= 15 is 0 Å². The van der Waals surface area contributed by atoms with E-state index in [0.29, 0.717) is 0 Å². The Bertz CT molecular complexity index is 1190. The molecule has 0 aliphatic heterocycles. The fourth-order valence-electron chi connectivity index (χ4n) is 3.83. The van der Waals surface area contributed by atoms with Crippen LogP contribution in [0.3, 0.4) is 0 Å². The summed E-state index contributed by atoms with van der Waals surface area (Å²) in [5.41, 5.74) is 7.25. The van der Waals surface area contributed by atoms with E-state index in [4.69, 9.17) is 6.42 Å². The van der Waals surface area contributed by atoms with Gasteiger partial charge in [-0.1, -0.05) is 115 Å². The number of benzene rings is 4. The maximum atomic E-state index is 5.27. The zero-order valence-electron chi connectivity index (χ0n) is 20.9. The molecule has 0 radical (unpaired) electrons. The molecule has 1 nitrogen and oxygen atoms in total. The van der Waals surface area contributed by atoms with E-state index in [1.807, 2.05) is 31.2 Å². The first kappa shape index (κ1) is 26.1. The molecule has 0 saturated carbocycles. The van der Waals surface area contributed by atoms with Gasteiger partial charge in [0, 0.05) is 17.9 Å². The van der Waals surface area contributed by atoms with Crippen molar-refractivity contribution in [2.24, 2.45) is 0 Å². The fourth-order valence-corrected chi connectivity index (χ4v) is 3.83. The lowest BCUT2D eigenvalue weighted by Gasteiger charge is -2.25. The predicted octanol–water partition coefficient (Wildman–Crippen LogP) is 9.49. The molecule has 0 amide bonds. The maximum absolute atomic E-state index is 5.27. The Morgan fingerprint density at radius 2 is 1.08 bits per heavy atom. The van der Waals surface area contributed by atoms with Crippen molar-refractivity contribution in [1.29, 1.82) is 0 Å². The lowest BCUT2D eigenvalue weighted by Crippen LogP contribution is -2.17. The van der Waals surface area contributed by atoms with Crippen LogP contribution in [0.15, 0.2) is 146 Å². The van der Waals surface area contributed by atoms with E-state index in [9.17, 15) is 0 Å². The summed E-state index contributed by atoms with van der Waals surface area (Å²) in [6.07, 6.45) is 15.7.